The van der Waals surface area contributed by atoms with Gasteiger partial charge in [0.2, 0.25) is 0 Å². The van der Waals surface area contributed by atoms with E-state index in [-0.39, 0.29) is 18.4 Å². The summed E-state index contributed by atoms with van der Waals surface area (Å²) in [6, 6.07) is 8.33. The number of alkyl halides is 3. The number of ether oxygens (including phenoxy) is 1. The molecule has 0 bridgehead atoms. The first kappa shape index (κ1) is 19.8. The zero-order valence-corrected chi connectivity index (χ0v) is 15.2. The molecule has 1 amide bonds. The summed E-state index contributed by atoms with van der Waals surface area (Å²) < 4.78 is 43.3. The van der Waals surface area contributed by atoms with Gasteiger partial charge in [0, 0.05) is 0 Å². The van der Waals surface area contributed by atoms with Crippen LogP contribution in [0.25, 0.3) is 0 Å². The van der Waals surface area contributed by atoms with Gasteiger partial charge in [-0.1, -0.05) is 18.2 Å². The van der Waals surface area contributed by atoms with Gasteiger partial charge in [0.1, 0.15) is 5.75 Å². The highest BCUT2D eigenvalue weighted by atomic mass is 19.4. The SMILES string of the molecule is Cc1cc(C)c([C@H](C)NC(=O)COc2cccc(C(F)(F)F)c2)cc1C. The molecule has 0 heterocycles. The van der Waals surface area contributed by atoms with Crippen LogP contribution in [0.15, 0.2) is 36.4 Å². The second-order valence-corrected chi connectivity index (χ2v) is 6.40. The summed E-state index contributed by atoms with van der Waals surface area (Å²) in [5.74, 6) is -0.391. The molecule has 0 aliphatic rings. The highest BCUT2D eigenvalue weighted by molar-refractivity contribution is 5.78. The Hall–Kier alpha value is -2.50. The van der Waals surface area contributed by atoms with Crippen molar-refractivity contribution in [2.75, 3.05) is 6.61 Å². The van der Waals surface area contributed by atoms with Crippen LogP contribution < -0.4 is 10.1 Å². The van der Waals surface area contributed by atoms with Crippen LogP contribution in [0.3, 0.4) is 0 Å². The zero-order chi connectivity index (χ0) is 19.5. The first-order valence-electron chi connectivity index (χ1n) is 8.25. The lowest BCUT2D eigenvalue weighted by Crippen LogP contribution is -2.31. The Labute approximate surface area is 151 Å². The minimum atomic E-state index is -4.45. The summed E-state index contributed by atoms with van der Waals surface area (Å²) in [6.07, 6.45) is -4.45. The molecule has 0 unspecified atom stereocenters. The molecule has 0 fully saturated rings. The molecule has 0 radical (unpaired) electrons. The molecule has 0 aliphatic heterocycles. The van der Waals surface area contributed by atoms with Crippen molar-refractivity contribution in [2.24, 2.45) is 0 Å². The fourth-order valence-corrected chi connectivity index (χ4v) is 2.72. The third kappa shape index (κ3) is 5.00. The molecule has 3 nitrogen and oxygen atoms in total. The maximum atomic E-state index is 12.7. The average molecular weight is 365 g/mol. The molecule has 26 heavy (non-hydrogen) atoms. The predicted octanol–water partition coefficient (Wildman–Crippen LogP) is 4.89. The number of benzene rings is 2. The average Bonchev–Trinajstić information content (AvgIpc) is 2.55. The van der Waals surface area contributed by atoms with Crippen LogP contribution in [0.1, 0.15) is 40.8 Å². The van der Waals surface area contributed by atoms with Crippen LogP contribution in [-0.2, 0) is 11.0 Å². The van der Waals surface area contributed by atoms with Crippen molar-refractivity contribution in [3.63, 3.8) is 0 Å². The molecule has 0 aromatic heterocycles. The number of rotatable bonds is 5. The van der Waals surface area contributed by atoms with Gasteiger partial charge in [-0.25, -0.2) is 0 Å². The molecule has 0 saturated heterocycles. The summed E-state index contributed by atoms with van der Waals surface area (Å²) >= 11 is 0. The maximum absolute atomic E-state index is 12.7. The van der Waals surface area contributed by atoms with E-state index in [4.69, 9.17) is 4.74 Å². The van der Waals surface area contributed by atoms with Crippen LogP contribution in [-0.4, -0.2) is 12.5 Å². The standard InChI is InChI=1S/C20H22F3NO2/c1-12-8-14(3)18(9-13(12)2)15(4)24-19(25)11-26-17-7-5-6-16(10-17)20(21,22)23/h5-10,15H,11H2,1-4H3,(H,24,25)/t15-/m0/s1. The van der Waals surface area contributed by atoms with E-state index >= 15 is 0 Å². The first-order valence-corrected chi connectivity index (χ1v) is 8.25. The third-order valence-electron chi connectivity index (χ3n) is 4.26. The van der Waals surface area contributed by atoms with Crippen LogP contribution in [0.4, 0.5) is 13.2 Å². The number of carbonyl (C=O) groups excluding carboxylic acids is 1. The quantitative estimate of drug-likeness (QED) is 0.820. The van der Waals surface area contributed by atoms with E-state index in [1.165, 1.54) is 17.7 Å². The molecule has 0 spiro atoms. The Morgan fingerprint density at radius 1 is 1.08 bits per heavy atom. The van der Waals surface area contributed by atoms with Crippen LogP contribution in [0.5, 0.6) is 5.75 Å². The van der Waals surface area contributed by atoms with E-state index < -0.39 is 17.6 Å². The van der Waals surface area contributed by atoms with Crippen LogP contribution in [0.2, 0.25) is 0 Å². The number of amides is 1. The third-order valence-corrected chi connectivity index (χ3v) is 4.26. The highest BCUT2D eigenvalue weighted by Crippen LogP contribution is 2.31. The van der Waals surface area contributed by atoms with E-state index in [1.54, 1.807) is 0 Å². The number of aryl methyl sites for hydroxylation is 3. The molecule has 140 valence electrons. The van der Waals surface area contributed by atoms with Crippen LogP contribution in [0, 0.1) is 20.8 Å². The van der Waals surface area contributed by atoms with Gasteiger partial charge in [-0.15, -0.1) is 0 Å². The number of hydrogen-bond acceptors (Lipinski definition) is 2. The molecule has 1 N–H and O–H groups in total. The molecule has 0 aliphatic carbocycles. The van der Waals surface area contributed by atoms with Gasteiger partial charge in [-0.2, -0.15) is 13.2 Å². The highest BCUT2D eigenvalue weighted by Gasteiger charge is 2.30. The molecule has 2 rings (SSSR count). The Bertz CT molecular complexity index is 800. The number of nitrogens with one attached hydrogen (secondary N) is 1. The summed E-state index contributed by atoms with van der Waals surface area (Å²) in [4.78, 5) is 12.1. The summed E-state index contributed by atoms with van der Waals surface area (Å²) in [6.45, 7) is 7.51. The van der Waals surface area contributed by atoms with E-state index in [2.05, 4.69) is 11.4 Å². The Morgan fingerprint density at radius 3 is 2.38 bits per heavy atom. The van der Waals surface area contributed by atoms with E-state index in [1.807, 2.05) is 33.8 Å². The zero-order valence-electron chi connectivity index (χ0n) is 15.2. The number of halogens is 3. The van der Waals surface area contributed by atoms with Gasteiger partial charge in [0.05, 0.1) is 11.6 Å². The second kappa shape index (κ2) is 7.81. The Kier molecular flexibility index (Phi) is 5.95. The normalized spacial score (nSPS) is 12.6. The number of hydrogen-bond donors (Lipinski definition) is 1. The second-order valence-electron chi connectivity index (χ2n) is 6.40. The summed E-state index contributed by atoms with van der Waals surface area (Å²) in [5.41, 5.74) is 3.57. The smallest absolute Gasteiger partial charge is 0.416 e. The number of carbonyl (C=O) groups is 1. The molecule has 2 aromatic rings. The van der Waals surface area contributed by atoms with Crippen LogP contribution >= 0.6 is 0 Å². The Morgan fingerprint density at radius 2 is 1.73 bits per heavy atom. The summed E-state index contributed by atoms with van der Waals surface area (Å²) in [7, 11) is 0. The lowest BCUT2D eigenvalue weighted by atomic mass is 9.96. The summed E-state index contributed by atoms with van der Waals surface area (Å²) in [5, 5.41) is 2.81. The fraction of sp³-hybridized carbons (Fsp3) is 0.350. The molecule has 2 aromatic carbocycles. The molecule has 1 atom stereocenters. The molecular formula is C20H22F3NO2. The molecule has 0 saturated carbocycles. The van der Waals surface area contributed by atoms with Crippen molar-refractivity contribution in [1.29, 1.82) is 0 Å². The van der Waals surface area contributed by atoms with Crippen molar-refractivity contribution >= 4 is 5.91 Å². The lowest BCUT2D eigenvalue weighted by Gasteiger charge is -2.18. The van der Waals surface area contributed by atoms with Gasteiger partial charge in [-0.05, 0) is 68.1 Å². The Balaban J connectivity index is 1.98. The topological polar surface area (TPSA) is 38.3 Å². The van der Waals surface area contributed by atoms with Crippen molar-refractivity contribution in [3.05, 3.63) is 64.2 Å². The van der Waals surface area contributed by atoms with E-state index in [0.29, 0.717) is 0 Å². The lowest BCUT2D eigenvalue weighted by molar-refractivity contribution is -0.137. The maximum Gasteiger partial charge on any atom is 0.416 e. The van der Waals surface area contributed by atoms with Crippen molar-refractivity contribution in [2.45, 2.75) is 39.9 Å². The van der Waals surface area contributed by atoms with E-state index in [9.17, 15) is 18.0 Å². The van der Waals surface area contributed by atoms with Gasteiger partial charge in [0.25, 0.3) is 5.91 Å². The van der Waals surface area contributed by atoms with Gasteiger partial charge >= 0.3 is 6.18 Å². The van der Waals surface area contributed by atoms with Gasteiger partial charge < -0.3 is 10.1 Å². The fourth-order valence-electron chi connectivity index (χ4n) is 2.72. The van der Waals surface area contributed by atoms with Gasteiger partial charge in [-0.3, -0.25) is 4.79 Å². The monoisotopic (exact) mass is 365 g/mol. The molecular weight excluding hydrogens is 343 g/mol. The minimum Gasteiger partial charge on any atom is -0.484 e. The van der Waals surface area contributed by atoms with Crippen molar-refractivity contribution in [1.82, 2.24) is 5.32 Å². The van der Waals surface area contributed by atoms with E-state index in [0.717, 1.165) is 28.8 Å². The predicted molar refractivity (Wildman–Crippen MR) is 94.1 cm³/mol. The minimum absolute atomic E-state index is 0.00462. The molecule has 6 heteroatoms. The van der Waals surface area contributed by atoms with Crippen molar-refractivity contribution in [3.8, 4) is 5.75 Å². The van der Waals surface area contributed by atoms with Gasteiger partial charge in [0.15, 0.2) is 6.61 Å². The first-order chi connectivity index (χ1) is 12.1. The van der Waals surface area contributed by atoms with Crippen molar-refractivity contribution < 1.29 is 22.7 Å². The largest absolute Gasteiger partial charge is 0.484 e.